The van der Waals surface area contributed by atoms with Crippen LogP contribution in [0.4, 0.5) is 5.69 Å². The van der Waals surface area contributed by atoms with Crippen molar-refractivity contribution in [3.8, 4) is 11.5 Å². The Hall–Kier alpha value is -3.41. The molecule has 0 spiro atoms. The second-order valence-electron chi connectivity index (χ2n) is 7.63. The van der Waals surface area contributed by atoms with E-state index in [-0.39, 0.29) is 35.5 Å². The van der Waals surface area contributed by atoms with Crippen LogP contribution in [0.5, 0.6) is 11.5 Å². The Balaban J connectivity index is 1.32. The summed E-state index contributed by atoms with van der Waals surface area (Å²) in [6.45, 7) is 0. The van der Waals surface area contributed by atoms with E-state index in [4.69, 9.17) is 9.47 Å². The second kappa shape index (κ2) is 6.58. The van der Waals surface area contributed by atoms with Gasteiger partial charge in [0.25, 0.3) is 0 Å². The van der Waals surface area contributed by atoms with Crippen molar-refractivity contribution in [2.75, 3.05) is 12.0 Å². The van der Waals surface area contributed by atoms with Crippen molar-refractivity contribution in [3.05, 3.63) is 66.2 Å². The number of hydrogen-bond acceptors (Lipinski definition) is 5. The molecule has 0 radical (unpaired) electrons. The highest BCUT2D eigenvalue weighted by Crippen LogP contribution is 2.53. The maximum absolute atomic E-state index is 12.9. The first-order valence-corrected chi connectivity index (χ1v) is 9.59. The molecule has 2 amide bonds. The van der Waals surface area contributed by atoms with Gasteiger partial charge in [-0.15, -0.1) is 0 Å². The van der Waals surface area contributed by atoms with E-state index in [1.807, 2.05) is 0 Å². The van der Waals surface area contributed by atoms with Crippen LogP contribution in [0, 0.1) is 23.7 Å². The van der Waals surface area contributed by atoms with Gasteiger partial charge in [0.1, 0.15) is 11.5 Å². The molecule has 6 heteroatoms. The smallest absolute Gasteiger partial charge is 0.343 e. The molecule has 29 heavy (non-hydrogen) atoms. The topological polar surface area (TPSA) is 72.9 Å². The zero-order valence-electron chi connectivity index (χ0n) is 15.8. The van der Waals surface area contributed by atoms with Crippen LogP contribution in [0.1, 0.15) is 16.8 Å². The average Bonchev–Trinajstić information content (AvgIpc) is 3.43. The van der Waals surface area contributed by atoms with E-state index in [1.54, 1.807) is 48.5 Å². The van der Waals surface area contributed by atoms with E-state index in [0.717, 1.165) is 6.42 Å². The number of hydrogen-bond donors (Lipinski definition) is 0. The fourth-order valence-corrected chi connectivity index (χ4v) is 4.74. The summed E-state index contributed by atoms with van der Waals surface area (Å²) in [4.78, 5) is 39.4. The highest BCUT2D eigenvalue weighted by molar-refractivity contribution is 6.22. The van der Waals surface area contributed by atoms with Gasteiger partial charge >= 0.3 is 5.97 Å². The molecule has 2 fully saturated rings. The molecule has 6 nitrogen and oxygen atoms in total. The molecule has 1 saturated heterocycles. The molecule has 2 aromatic carbocycles. The van der Waals surface area contributed by atoms with Crippen LogP contribution in [0.3, 0.4) is 0 Å². The molecular weight excluding hydrogens is 370 g/mol. The Morgan fingerprint density at radius 1 is 0.931 bits per heavy atom. The van der Waals surface area contributed by atoms with Gasteiger partial charge in [-0.2, -0.15) is 0 Å². The number of nitrogens with zero attached hydrogens (tertiary/aromatic N) is 1. The number of esters is 1. The predicted molar refractivity (Wildman–Crippen MR) is 105 cm³/mol. The van der Waals surface area contributed by atoms with E-state index in [9.17, 15) is 14.4 Å². The number of benzene rings is 2. The van der Waals surface area contributed by atoms with E-state index in [0.29, 0.717) is 22.7 Å². The normalized spacial score (nSPS) is 26.7. The van der Waals surface area contributed by atoms with Crippen LogP contribution in [0.15, 0.2) is 60.7 Å². The van der Waals surface area contributed by atoms with Crippen LogP contribution in [0.25, 0.3) is 0 Å². The lowest BCUT2D eigenvalue weighted by atomic mass is 9.85. The van der Waals surface area contributed by atoms with Crippen molar-refractivity contribution in [3.63, 3.8) is 0 Å². The third-order valence-electron chi connectivity index (χ3n) is 6.08. The largest absolute Gasteiger partial charge is 0.497 e. The first-order chi connectivity index (χ1) is 14.1. The molecule has 4 atom stereocenters. The molecule has 2 aliphatic carbocycles. The molecule has 0 aromatic heterocycles. The highest BCUT2D eigenvalue weighted by Gasteiger charge is 2.59. The number of fused-ring (bicyclic) bond motifs is 5. The standard InChI is InChI=1S/C23H19NO5/c1-28-18-4-2-3-15(12-18)23(27)29-17-9-7-16(8-10-17)24-21(25)19-13-5-6-14(11-13)20(19)22(24)26/h2-10,12-14,19-20H,11H2,1H3/t13-,14-,19-,20+/m1/s1. The first kappa shape index (κ1) is 17.7. The van der Waals surface area contributed by atoms with Gasteiger partial charge in [-0.05, 0) is 60.7 Å². The van der Waals surface area contributed by atoms with E-state index in [1.165, 1.54) is 12.0 Å². The molecule has 1 heterocycles. The number of rotatable bonds is 4. The summed E-state index contributed by atoms with van der Waals surface area (Å²) in [7, 11) is 1.53. The second-order valence-corrected chi connectivity index (χ2v) is 7.63. The minimum absolute atomic E-state index is 0.127. The minimum atomic E-state index is -0.512. The third kappa shape index (κ3) is 2.75. The van der Waals surface area contributed by atoms with Crippen LogP contribution in [-0.2, 0) is 9.59 Å². The number of methoxy groups -OCH3 is 1. The van der Waals surface area contributed by atoms with Crippen molar-refractivity contribution >= 4 is 23.5 Å². The monoisotopic (exact) mass is 389 g/mol. The number of ether oxygens (including phenoxy) is 2. The van der Waals surface area contributed by atoms with Gasteiger partial charge < -0.3 is 9.47 Å². The Morgan fingerprint density at radius 2 is 1.59 bits per heavy atom. The van der Waals surface area contributed by atoms with Gasteiger partial charge in [0.15, 0.2) is 0 Å². The van der Waals surface area contributed by atoms with Crippen molar-refractivity contribution < 1.29 is 23.9 Å². The summed E-state index contributed by atoms with van der Waals surface area (Å²) < 4.78 is 10.5. The van der Waals surface area contributed by atoms with Crippen LogP contribution in [0.2, 0.25) is 0 Å². The minimum Gasteiger partial charge on any atom is -0.497 e. The molecule has 0 unspecified atom stereocenters. The van der Waals surface area contributed by atoms with Gasteiger partial charge in [-0.25, -0.2) is 4.79 Å². The number of imide groups is 1. The van der Waals surface area contributed by atoms with Gasteiger partial charge in [0.2, 0.25) is 11.8 Å². The summed E-state index contributed by atoms with van der Waals surface area (Å²) in [6.07, 6.45) is 5.04. The first-order valence-electron chi connectivity index (χ1n) is 9.59. The molecule has 2 aromatic rings. The van der Waals surface area contributed by atoms with Crippen LogP contribution in [-0.4, -0.2) is 24.9 Å². The summed E-state index contributed by atoms with van der Waals surface area (Å²) in [6, 6.07) is 13.2. The maximum atomic E-state index is 12.9. The lowest BCUT2D eigenvalue weighted by molar-refractivity contribution is -0.123. The van der Waals surface area contributed by atoms with Crippen molar-refractivity contribution in [1.29, 1.82) is 0 Å². The molecule has 0 N–H and O–H groups in total. The molecule has 1 aliphatic heterocycles. The molecular formula is C23H19NO5. The van der Waals surface area contributed by atoms with Crippen LogP contribution < -0.4 is 14.4 Å². The molecule has 146 valence electrons. The van der Waals surface area contributed by atoms with Gasteiger partial charge in [0, 0.05) is 0 Å². The van der Waals surface area contributed by atoms with Gasteiger partial charge in [-0.3, -0.25) is 14.5 Å². The lowest BCUT2D eigenvalue weighted by Gasteiger charge is -2.17. The van der Waals surface area contributed by atoms with Crippen LogP contribution >= 0.6 is 0 Å². The zero-order valence-corrected chi connectivity index (χ0v) is 15.8. The third-order valence-corrected chi connectivity index (χ3v) is 6.08. The van der Waals surface area contributed by atoms with Gasteiger partial charge in [-0.1, -0.05) is 18.2 Å². The van der Waals surface area contributed by atoms with Crippen molar-refractivity contribution in [2.24, 2.45) is 23.7 Å². The van der Waals surface area contributed by atoms with E-state index >= 15 is 0 Å². The van der Waals surface area contributed by atoms with Crippen molar-refractivity contribution in [2.45, 2.75) is 6.42 Å². The predicted octanol–water partition coefficient (Wildman–Crippen LogP) is 3.23. The fraction of sp³-hybridized carbons (Fsp3) is 0.261. The Labute approximate surface area is 167 Å². The summed E-state index contributed by atoms with van der Waals surface area (Å²) >= 11 is 0. The fourth-order valence-electron chi connectivity index (χ4n) is 4.74. The average molecular weight is 389 g/mol. The lowest BCUT2D eigenvalue weighted by Crippen LogP contribution is -2.32. The Kier molecular flexibility index (Phi) is 4.01. The number of carbonyl (C=O) groups excluding carboxylic acids is 3. The van der Waals surface area contributed by atoms with Crippen molar-refractivity contribution in [1.82, 2.24) is 0 Å². The highest BCUT2D eigenvalue weighted by atomic mass is 16.5. The molecule has 5 rings (SSSR count). The molecule has 1 saturated carbocycles. The quantitative estimate of drug-likeness (QED) is 0.347. The summed E-state index contributed by atoms with van der Waals surface area (Å²) in [5.74, 6) is 0.0192. The number of anilines is 1. The zero-order chi connectivity index (χ0) is 20.1. The summed E-state index contributed by atoms with van der Waals surface area (Å²) in [5, 5.41) is 0. The summed E-state index contributed by atoms with van der Waals surface area (Å²) in [5.41, 5.74) is 0.879. The Bertz CT molecular complexity index is 1010. The molecule has 2 bridgehead atoms. The number of amides is 2. The molecule has 3 aliphatic rings. The Morgan fingerprint density at radius 3 is 2.21 bits per heavy atom. The SMILES string of the molecule is COc1cccc(C(=O)Oc2ccc(N3C(=O)[C@@H]4[C@H](C3=O)[C@@H]3C=C[C@@H]4C3)cc2)c1. The number of carbonyl (C=O) groups is 3. The maximum Gasteiger partial charge on any atom is 0.343 e. The van der Waals surface area contributed by atoms with Gasteiger partial charge in [0.05, 0.1) is 30.2 Å². The van der Waals surface area contributed by atoms with E-state index in [2.05, 4.69) is 12.2 Å². The van der Waals surface area contributed by atoms with E-state index < -0.39 is 5.97 Å². The number of allylic oxidation sites excluding steroid dienone is 2.